The van der Waals surface area contributed by atoms with Gasteiger partial charge in [0.2, 0.25) is 0 Å². The molecule has 0 bridgehead atoms. The molecule has 8 nitrogen and oxygen atoms in total. The van der Waals surface area contributed by atoms with E-state index in [1.165, 1.54) is 0 Å². The summed E-state index contributed by atoms with van der Waals surface area (Å²) in [6.07, 6.45) is 3.64. The van der Waals surface area contributed by atoms with E-state index in [2.05, 4.69) is 4.90 Å². The van der Waals surface area contributed by atoms with Crippen LogP contribution in [0.3, 0.4) is 0 Å². The third kappa shape index (κ3) is 4.05. The molecule has 1 fully saturated rings. The van der Waals surface area contributed by atoms with Crippen molar-refractivity contribution in [2.24, 2.45) is 5.73 Å². The predicted molar refractivity (Wildman–Crippen MR) is 124 cm³/mol. The van der Waals surface area contributed by atoms with Crippen LogP contribution >= 0.6 is 11.6 Å². The van der Waals surface area contributed by atoms with E-state index in [4.69, 9.17) is 33.2 Å². The van der Waals surface area contributed by atoms with E-state index in [0.717, 1.165) is 42.2 Å². The maximum Gasteiger partial charge on any atom is 0.256 e. The smallest absolute Gasteiger partial charge is 0.256 e. The van der Waals surface area contributed by atoms with Crippen LogP contribution in [0.15, 0.2) is 30.5 Å². The van der Waals surface area contributed by atoms with Crippen LogP contribution in [0.1, 0.15) is 47.4 Å². The number of amides is 1. The van der Waals surface area contributed by atoms with Gasteiger partial charge in [-0.15, -0.1) is 0 Å². The van der Waals surface area contributed by atoms with E-state index < -0.39 is 0 Å². The topological polar surface area (TPSA) is 106 Å². The van der Waals surface area contributed by atoms with Crippen molar-refractivity contribution in [1.82, 2.24) is 19.5 Å². The number of carbonyl (C=O) groups excluding carboxylic acids is 1. The number of aromatic nitrogens is 3. The molecule has 9 heteroatoms. The Balaban J connectivity index is 1.65. The van der Waals surface area contributed by atoms with Crippen LogP contribution in [0.25, 0.3) is 5.65 Å². The lowest BCUT2D eigenvalue weighted by Crippen LogP contribution is -2.31. The molecule has 2 atom stereocenters. The summed E-state index contributed by atoms with van der Waals surface area (Å²) in [7, 11) is 1.76. The molecule has 1 aliphatic rings. The Kier molecular flexibility index (Phi) is 5.77. The Labute approximate surface area is 186 Å². The van der Waals surface area contributed by atoms with E-state index in [9.17, 15) is 4.79 Å². The average Bonchev–Trinajstić information content (AvgIpc) is 3.34. The minimum Gasteiger partial charge on any atom is -0.398 e. The number of fused-ring (bicyclic) bond motifs is 1. The van der Waals surface area contributed by atoms with Crippen molar-refractivity contribution in [3.63, 3.8) is 0 Å². The summed E-state index contributed by atoms with van der Waals surface area (Å²) in [4.78, 5) is 21.9. The fraction of sp³-hybridized carbons (Fsp3) is 0.409. The number of rotatable bonds is 5. The second-order valence-electron chi connectivity index (χ2n) is 8.19. The zero-order chi connectivity index (χ0) is 22.3. The molecule has 0 saturated carbocycles. The van der Waals surface area contributed by atoms with Crippen LogP contribution in [0.4, 0.5) is 11.5 Å². The van der Waals surface area contributed by atoms with E-state index in [1.54, 1.807) is 34.7 Å². The Morgan fingerprint density at radius 3 is 2.84 bits per heavy atom. The molecule has 3 heterocycles. The third-order valence-corrected chi connectivity index (χ3v) is 6.15. The Morgan fingerprint density at radius 2 is 2.16 bits per heavy atom. The lowest BCUT2D eigenvalue weighted by atomic mass is 10.1. The number of carbonyl (C=O) groups is 1. The molecule has 3 aromatic rings. The van der Waals surface area contributed by atoms with Gasteiger partial charge in [0.05, 0.1) is 17.3 Å². The predicted octanol–water partition coefficient (Wildman–Crippen LogP) is 3.03. The second-order valence-corrected chi connectivity index (χ2v) is 8.62. The standard InChI is InChI=1S/C22H28ClN7O/c1-4-19(28(3)22(31)16-9-14(23)5-6-17(16)25)18-10-20-26-21(13(2)11-30(20)27-18)29-8-7-15(24)12-29/h5-6,9-11,15,19H,4,7-8,12,24-25H2,1-3H3/t15-,19-/m0/s1. The molecule has 1 amide bonds. The molecule has 1 aromatic carbocycles. The summed E-state index contributed by atoms with van der Waals surface area (Å²) in [5, 5.41) is 5.20. The molecule has 4 N–H and O–H groups in total. The van der Waals surface area contributed by atoms with Crippen LogP contribution in [-0.4, -0.2) is 51.6 Å². The largest absolute Gasteiger partial charge is 0.398 e. The molecule has 0 aliphatic carbocycles. The van der Waals surface area contributed by atoms with E-state index >= 15 is 0 Å². The number of nitrogen functional groups attached to an aromatic ring is 1. The van der Waals surface area contributed by atoms with Crippen LogP contribution in [0.5, 0.6) is 0 Å². The maximum absolute atomic E-state index is 13.1. The lowest BCUT2D eigenvalue weighted by Gasteiger charge is -2.26. The zero-order valence-corrected chi connectivity index (χ0v) is 18.8. The van der Waals surface area contributed by atoms with Crippen molar-refractivity contribution in [3.05, 3.63) is 52.3 Å². The first-order chi connectivity index (χ1) is 14.8. The highest BCUT2D eigenvalue weighted by molar-refractivity contribution is 6.31. The highest BCUT2D eigenvalue weighted by Crippen LogP contribution is 2.28. The number of anilines is 2. The number of benzene rings is 1. The van der Waals surface area contributed by atoms with E-state index in [-0.39, 0.29) is 18.0 Å². The Bertz CT molecular complexity index is 1130. The number of nitrogens with two attached hydrogens (primary N) is 2. The molecule has 1 saturated heterocycles. The number of aryl methyl sites for hydroxylation is 1. The van der Waals surface area contributed by atoms with Crippen molar-refractivity contribution < 1.29 is 4.79 Å². The van der Waals surface area contributed by atoms with Crippen LogP contribution in [-0.2, 0) is 0 Å². The number of hydrogen-bond donors (Lipinski definition) is 2. The number of nitrogens with zero attached hydrogens (tertiary/aromatic N) is 5. The van der Waals surface area contributed by atoms with E-state index in [1.807, 2.05) is 26.1 Å². The molecule has 2 aromatic heterocycles. The number of halogens is 1. The Hall–Kier alpha value is -2.84. The van der Waals surface area contributed by atoms with Gasteiger partial charge in [-0.1, -0.05) is 18.5 Å². The zero-order valence-electron chi connectivity index (χ0n) is 18.0. The molecule has 0 radical (unpaired) electrons. The second kappa shape index (κ2) is 8.36. The molecular weight excluding hydrogens is 414 g/mol. The van der Waals surface area contributed by atoms with Crippen molar-refractivity contribution in [3.8, 4) is 0 Å². The summed E-state index contributed by atoms with van der Waals surface area (Å²) in [5.74, 6) is 0.746. The first-order valence-electron chi connectivity index (χ1n) is 10.5. The SMILES string of the molecule is CC[C@@H](c1cc2nc(N3CC[C@H](N)C3)c(C)cn2n1)N(C)C(=O)c1cc(Cl)ccc1N. The van der Waals surface area contributed by atoms with Gasteiger partial charge in [0.1, 0.15) is 5.82 Å². The monoisotopic (exact) mass is 441 g/mol. The summed E-state index contributed by atoms with van der Waals surface area (Å²) < 4.78 is 1.78. The summed E-state index contributed by atoms with van der Waals surface area (Å²) in [6, 6.07) is 6.82. The van der Waals surface area contributed by atoms with E-state index in [0.29, 0.717) is 22.7 Å². The summed E-state index contributed by atoms with van der Waals surface area (Å²) >= 11 is 6.08. The quantitative estimate of drug-likeness (QED) is 0.589. The summed E-state index contributed by atoms with van der Waals surface area (Å²) in [5.41, 5.74) is 15.5. The Morgan fingerprint density at radius 1 is 1.39 bits per heavy atom. The minimum absolute atomic E-state index is 0.181. The van der Waals surface area contributed by atoms with Crippen molar-refractivity contribution in [2.75, 3.05) is 30.8 Å². The van der Waals surface area contributed by atoms with Crippen LogP contribution < -0.4 is 16.4 Å². The van der Waals surface area contributed by atoms with Gasteiger partial charge >= 0.3 is 0 Å². The normalized spacial score (nSPS) is 17.3. The maximum atomic E-state index is 13.1. The van der Waals surface area contributed by atoms with Crippen molar-refractivity contribution in [2.45, 2.75) is 38.8 Å². The molecule has 164 valence electrons. The molecule has 1 aliphatic heterocycles. The van der Waals surface area contributed by atoms with Crippen molar-refractivity contribution >= 4 is 34.7 Å². The molecule has 31 heavy (non-hydrogen) atoms. The van der Waals surface area contributed by atoms with Gasteiger partial charge < -0.3 is 21.3 Å². The average molecular weight is 442 g/mol. The van der Waals surface area contributed by atoms with Crippen molar-refractivity contribution in [1.29, 1.82) is 0 Å². The first-order valence-corrected chi connectivity index (χ1v) is 10.9. The molecule has 0 unspecified atom stereocenters. The number of hydrogen-bond acceptors (Lipinski definition) is 6. The van der Waals surface area contributed by atoms with Gasteiger partial charge in [0, 0.05) is 54.7 Å². The molecular formula is C22H28ClN7O. The minimum atomic E-state index is -0.225. The van der Waals surface area contributed by atoms with Crippen LogP contribution in [0.2, 0.25) is 5.02 Å². The van der Waals surface area contributed by atoms with Gasteiger partial charge in [-0.25, -0.2) is 9.50 Å². The molecule has 0 spiro atoms. The van der Waals surface area contributed by atoms with Gasteiger partial charge in [-0.05, 0) is 38.0 Å². The van der Waals surface area contributed by atoms with Gasteiger partial charge in [-0.3, -0.25) is 4.79 Å². The van der Waals surface area contributed by atoms with Crippen LogP contribution in [0, 0.1) is 6.92 Å². The van der Waals surface area contributed by atoms with Gasteiger partial charge in [0.15, 0.2) is 5.65 Å². The highest BCUT2D eigenvalue weighted by atomic mass is 35.5. The lowest BCUT2D eigenvalue weighted by molar-refractivity contribution is 0.0723. The van der Waals surface area contributed by atoms with Gasteiger partial charge in [-0.2, -0.15) is 5.10 Å². The van der Waals surface area contributed by atoms with Gasteiger partial charge in [0.25, 0.3) is 5.91 Å². The third-order valence-electron chi connectivity index (χ3n) is 5.91. The summed E-state index contributed by atoms with van der Waals surface area (Å²) in [6.45, 7) is 5.76. The highest BCUT2D eigenvalue weighted by Gasteiger charge is 2.27. The fourth-order valence-electron chi connectivity index (χ4n) is 4.21. The molecule has 4 rings (SSSR count). The first kappa shape index (κ1) is 21.4. The fourth-order valence-corrected chi connectivity index (χ4v) is 4.38.